The fourth-order valence-electron chi connectivity index (χ4n) is 2.49. The molecule has 1 aliphatic heterocycles. The van der Waals surface area contributed by atoms with E-state index in [1.807, 2.05) is 18.2 Å². The number of nitrogens with two attached hydrogens (primary N) is 1. The van der Waals surface area contributed by atoms with Gasteiger partial charge in [-0.15, -0.1) is 0 Å². The summed E-state index contributed by atoms with van der Waals surface area (Å²) in [4.78, 5) is 13.2. The first-order valence-electron chi connectivity index (χ1n) is 6.31. The molecule has 0 aromatic heterocycles. The van der Waals surface area contributed by atoms with Gasteiger partial charge in [0.1, 0.15) is 6.04 Å². The Labute approximate surface area is 117 Å². The Kier molecular flexibility index (Phi) is 4.41. The fourth-order valence-corrected chi connectivity index (χ4v) is 2.73. The van der Waals surface area contributed by atoms with Crippen LogP contribution in [0.3, 0.4) is 0 Å². The van der Waals surface area contributed by atoms with Gasteiger partial charge in [0.15, 0.2) is 0 Å². The summed E-state index contributed by atoms with van der Waals surface area (Å²) >= 11 is 6.14. The highest BCUT2D eigenvalue weighted by Gasteiger charge is 2.29. The van der Waals surface area contributed by atoms with Crippen LogP contribution >= 0.6 is 11.6 Å². The van der Waals surface area contributed by atoms with Crippen LogP contribution in [0.5, 0.6) is 0 Å². The SMILES string of the molecule is N#CC(c1ccccc1Cl)N1CCC(C(N)=O)CC1. The van der Waals surface area contributed by atoms with Gasteiger partial charge in [-0.25, -0.2) is 0 Å². The van der Waals surface area contributed by atoms with E-state index >= 15 is 0 Å². The molecule has 2 N–H and O–H groups in total. The van der Waals surface area contributed by atoms with E-state index in [-0.39, 0.29) is 17.9 Å². The highest BCUT2D eigenvalue weighted by atomic mass is 35.5. The second-order valence-electron chi connectivity index (χ2n) is 4.77. The van der Waals surface area contributed by atoms with Crippen molar-refractivity contribution in [2.45, 2.75) is 18.9 Å². The van der Waals surface area contributed by atoms with E-state index in [0.29, 0.717) is 31.0 Å². The molecule has 0 aliphatic carbocycles. The molecule has 1 unspecified atom stereocenters. The maximum atomic E-state index is 11.1. The number of carbonyl (C=O) groups excluding carboxylic acids is 1. The van der Waals surface area contributed by atoms with Crippen LogP contribution < -0.4 is 5.73 Å². The van der Waals surface area contributed by atoms with Crippen LogP contribution in [-0.2, 0) is 4.79 Å². The molecule has 0 spiro atoms. The van der Waals surface area contributed by atoms with Crippen molar-refractivity contribution in [1.29, 1.82) is 5.26 Å². The molecule has 4 nitrogen and oxygen atoms in total. The van der Waals surface area contributed by atoms with E-state index in [1.165, 1.54) is 0 Å². The van der Waals surface area contributed by atoms with Gasteiger partial charge < -0.3 is 5.73 Å². The Balaban J connectivity index is 2.11. The van der Waals surface area contributed by atoms with Gasteiger partial charge in [-0.05, 0) is 18.9 Å². The molecule has 0 bridgehead atoms. The Morgan fingerprint density at radius 2 is 2.05 bits per heavy atom. The molecule has 100 valence electrons. The van der Waals surface area contributed by atoms with Crippen LogP contribution in [0.2, 0.25) is 5.02 Å². The van der Waals surface area contributed by atoms with Gasteiger partial charge >= 0.3 is 0 Å². The largest absolute Gasteiger partial charge is 0.369 e. The quantitative estimate of drug-likeness (QED) is 0.920. The maximum Gasteiger partial charge on any atom is 0.220 e. The van der Waals surface area contributed by atoms with Crippen molar-refractivity contribution in [3.05, 3.63) is 34.9 Å². The minimum atomic E-state index is -0.359. The summed E-state index contributed by atoms with van der Waals surface area (Å²) in [5.74, 6) is -0.312. The Morgan fingerprint density at radius 1 is 1.42 bits per heavy atom. The van der Waals surface area contributed by atoms with Crippen LogP contribution in [-0.4, -0.2) is 23.9 Å². The molecule has 0 radical (unpaired) electrons. The lowest BCUT2D eigenvalue weighted by Crippen LogP contribution is -2.40. The first-order chi connectivity index (χ1) is 9.13. The topological polar surface area (TPSA) is 70.1 Å². The molecule has 1 aliphatic rings. The van der Waals surface area contributed by atoms with Crippen LogP contribution in [0, 0.1) is 17.2 Å². The van der Waals surface area contributed by atoms with Gasteiger partial charge in [0.05, 0.1) is 6.07 Å². The predicted octanol–water partition coefficient (Wildman–Crippen LogP) is 2.10. The van der Waals surface area contributed by atoms with E-state index in [2.05, 4.69) is 11.0 Å². The molecule has 1 fully saturated rings. The summed E-state index contributed by atoms with van der Waals surface area (Å²) in [6.45, 7) is 1.38. The van der Waals surface area contributed by atoms with Gasteiger partial charge in [0.25, 0.3) is 0 Å². The smallest absolute Gasteiger partial charge is 0.220 e. The van der Waals surface area contributed by atoms with Crippen molar-refractivity contribution in [3.63, 3.8) is 0 Å². The standard InChI is InChI=1S/C14H16ClN3O/c15-12-4-2-1-3-11(12)13(9-16)18-7-5-10(6-8-18)14(17)19/h1-4,10,13H,5-8H2,(H2,17,19). The molecule has 1 heterocycles. The molecule has 1 atom stereocenters. The minimum Gasteiger partial charge on any atom is -0.369 e. The van der Waals surface area contributed by atoms with Crippen molar-refractivity contribution in [3.8, 4) is 6.07 Å². The van der Waals surface area contributed by atoms with Gasteiger partial charge in [-0.3, -0.25) is 9.69 Å². The molecule has 0 saturated carbocycles. The lowest BCUT2D eigenvalue weighted by molar-refractivity contribution is -0.123. The number of piperidine rings is 1. The molecular formula is C14H16ClN3O. The zero-order chi connectivity index (χ0) is 13.8. The first-order valence-corrected chi connectivity index (χ1v) is 6.68. The van der Waals surface area contributed by atoms with Crippen LogP contribution in [0.1, 0.15) is 24.4 Å². The highest BCUT2D eigenvalue weighted by Crippen LogP contribution is 2.30. The summed E-state index contributed by atoms with van der Waals surface area (Å²) in [6.07, 6.45) is 1.41. The van der Waals surface area contributed by atoms with E-state index in [4.69, 9.17) is 17.3 Å². The average Bonchev–Trinajstić information content (AvgIpc) is 2.42. The number of nitrogens with zero attached hydrogens (tertiary/aromatic N) is 2. The van der Waals surface area contributed by atoms with E-state index in [9.17, 15) is 10.1 Å². The molecule has 1 saturated heterocycles. The third-order valence-corrected chi connectivity index (χ3v) is 3.96. The van der Waals surface area contributed by atoms with Crippen molar-refractivity contribution >= 4 is 17.5 Å². The maximum absolute atomic E-state index is 11.1. The number of likely N-dealkylation sites (tertiary alicyclic amines) is 1. The number of amides is 1. The van der Waals surface area contributed by atoms with Crippen LogP contribution in [0.25, 0.3) is 0 Å². The van der Waals surface area contributed by atoms with E-state index in [1.54, 1.807) is 6.07 Å². The van der Waals surface area contributed by atoms with Crippen molar-refractivity contribution in [2.24, 2.45) is 11.7 Å². The molecule has 1 aromatic carbocycles. The Morgan fingerprint density at radius 3 is 2.58 bits per heavy atom. The molecule has 19 heavy (non-hydrogen) atoms. The first kappa shape index (κ1) is 13.9. The summed E-state index contributed by atoms with van der Waals surface area (Å²) in [5, 5.41) is 9.99. The average molecular weight is 278 g/mol. The van der Waals surface area contributed by atoms with Crippen LogP contribution in [0.4, 0.5) is 0 Å². The number of benzene rings is 1. The second-order valence-corrected chi connectivity index (χ2v) is 5.17. The number of hydrogen-bond donors (Lipinski definition) is 1. The second kappa shape index (κ2) is 6.05. The minimum absolute atomic E-state index is 0.0677. The lowest BCUT2D eigenvalue weighted by Gasteiger charge is -2.33. The van der Waals surface area contributed by atoms with Crippen molar-refractivity contribution in [1.82, 2.24) is 4.90 Å². The van der Waals surface area contributed by atoms with Gasteiger partial charge in [-0.1, -0.05) is 29.8 Å². The third kappa shape index (κ3) is 3.06. The molecule has 1 aromatic rings. The predicted molar refractivity (Wildman–Crippen MR) is 73.3 cm³/mol. The fraction of sp³-hybridized carbons (Fsp3) is 0.429. The Hall–Kier alpha value is -1.57. The summed E-state index contributed by atoms with van der Waals surface area (Å²) in [6, 6.07) is 9.32. The number of carbonyl (C=O) groups is 1. The summed E-state index contributed by atoms with van der Waals surface area (Å²) in [7, 11) is 0. The van der Waals surface area contributed by atoms with Gasteiger partial charge in [-0.2, -0.15) is 5.26 Å². The number of primary amides is 1. The number of hydrogen-bond acceptors (Lipinski definition) is 3. The van der Waals surface area contributed by atoms with Crippen molar-refractivity contribution < 1.29 is 4.79 Å². The van der Waals surface area contributed by atoms with E-state index in [0.717, 1.165) is 5.56 Å². The highest BCUT2D eigenvalue weighted by molar-refractivity contribution is 6.31. The van der Waals surface area contributed by atoms with Gasteiger partial charge in [0.2, 0.25) is 5.91 Å². The number of rotatable bonds is 3. The summed E-state index contributed by atoms with van der Waals surface area (Å²) < 4.78 is 0. The molecule has 2 rings (SSSR count). The third-order valence-electron chi connectivity index (χ3n) is 3.62. The van der Waals surface area contributed by atoms with Crippen LogP contribution in [0.15, 0.2) is 24.3 Å². The zero-order valence-corrected chi connectivity index (χ0v) is 11.3. The Bertz CT molecular complexity index is 504. The zero-order valence-electron chi connectivity index (χ0n) is 10.6. The number of nitriles is 1. The summed E-state index contributed by atoms with van der Waals surface area (Å²) in [5.41, 5.74) is 6.14. The number of halogens is 1. The van der Waals surface area contributed by atoms with Crippen molar-refractivity contribution in [2.75, 3.05) is 13.1 Å². The monoisotopic (exact) mass is 277 g/mol. The van der Waals surface area contributed by atoms with Gasteiger partial charge in [0, 0.05) is 29.6 Å². The molecule has 1 amide bonds. The molecular weight excluding hydrogens is 262 g/mol. The molecule has 5 heteroatoms. The normalized spacial score (nSPS) is 18.7. The lowest BCUT2D eigenvalue weighted by atomic mass is 9.94. The van der Waals surface area contributed by atoms with E-state index < -0.39 is 0 Å².